The number of carbonyl (C=O) groups is 2. The molecule has 2 N–H and O–H groups in total. The summed E-state index contributed by atoms with van der Waals surface area (Å²) in [5.41, 5.74) is -0.823. The van der Waals surface area contributed by atoms with Crippen LogP contribution in [0.2, 0.25) is 0 Å². The maximum atomic E-state index is 12.8. The van der Waals surface area contributed by atoms with Gasteiger partial charge in [0.15, 0.2) is 5.76 Å². The fourth-order valence-corrected chi connectivity index (χ4v) is 2.22. The van der Waals surface area contributed by atoms with Crippen molar-refractivity contribution in [1.29, 1.82) is 0 Å². The lowest BCUT2D eigenvalue weighted by Crippen LogP contribution is -2.34. The van der Waals surface area contributed by atoms with Gasteiger partial charge >= 0.3 is 5.97 Å². The lowest BCUT2D eigenvalue weighted by molar-refractivity contribution is -0.143. The van der Waals surface area contributed by atoms with E-state index in [1.807, 2.05) is 0 Å². The van der Waals surface area contributed by atoms with E-state index in [4.69, 9.17) is 14.3 Å². The van der Waals surface area contributed by atoms with Crippen molar-refractivity contribution in [3.05, 3.63) is 53.7 Å². The smallest absolute Gasteiger partial charge is 0.311 e. The molecule has 1 aromatic carbocycles. The van der Waals surface area contributed by atoms with E-state index in [2.05, 4.69) is 5.32 Å². The first-order valence-electron chi connectivity index (χ1n) is 7.47. The van der Waals surface area contributed by atoms with Gasteiger partial charge in [0.2, 0.25) is 0 Å². The van der Waals surface area contributed by atoms with E-state index in [9.17, 15) is 14.0 Å². The van der Waals surface area contributed by atoms with E-state index in [-0.39, 0.29) is 24.7 Å². The molecule has 1 aromatic heterocycles. The Morgan fingerprint density at radius 2 is 1.92 bits per heavy atom. The lowest BCUT2D eigenvalue weighted by atomic mass is 10.1. The average molecular weight is 333 g/mol. The number of aliphatic carboxylic acids is 1. The summed E-state index contributed by atoms with van der Waals surface area (Å²) in [6.45, 7) is 0.182. The molecular weight excluding hydrogens is 317 g/mol. The highest BCUT2D eigenvalue weighted by atomic mass is 19.1. The summed E-state index contributed by atoms with van der Waals surface area (Å²) in [7, 11) is 0. The average Bonchev–Trinajstić information content (AvgIpc) is 3.22. The second kappa shape index (κ2) is 6.35. The second-order valence-corrected chi connectivity index (χ2v) is 5.78. The van der Waals surface area contributed by atoms with Gasteiger partial charge in [-0.25, -0.2) is 4.39 Å². The molecule has 1 aliphatic carbocycles. The second-order valence-electron chi connectivity index (χ2n) is 5.78. The Kier molecular flexibility index (Phi) is 4.24. The first kappa shape index (κ1) is 16.0. The minimum atomic E-state index is -0.893. The number of rotatable bonds is 7. The summed E-state index contributed by atoms with van der Waals surface area (Å²) < 4.78 is 23.6. The predicted molar refractivity (Wildman–Crippen MR) is 81.1 cm³/mol. The largest absolute Gasteiger partial charge is 0.486 e. The van der Waals surface area contributed by atoms with Gasteiger partial charge in [-0.15, -0.1) is 0 Å². The highest BCUT2D eigenvalue weighted by Crippen LogP contribution is 2.45. The normalized spacial score (nSPS) is 14.9. The van der Waals surface area contributed by atoms with Crippen LogP contribution in [-0.4, -0.2) is 23.5 Å². The van der Waals surface area contributed by atoms with Gasteiger partial charge in [-0.05, 0) is 49.2 Å². The molecule has 7 heteroatoms. The van der Waals surface area contributed by atoms with Crippen molar-refractivity contribution < 1.29 is 28.2 Å². The molecule has 1 saturated carbocycles. The van der Waals surface area contributed by atoms with Gasteiger partial charge in [-0.2, -0.15) is 0 Å². The van der Waals surface area contributed by atoms with E-state index < -0.39 is 17.3 Å². The predicted octanol–water partition coefficient (Wildman–Crippen LogP) is 2.59. The van der Waals surface area contributed by atoms with Gasteiger partial charge in [0, 0.05) is 6.54 Å². The molecule has 0 bridgehead atoms. The number of benzene rings is 1. The van der Waals surface area contributed by atoms with Crippen LogP contribution in [-0.2, 0) is 11.4 Å². The highest BCUT2D eigenvalue weighted by Gasteiger charge is 2.50. The van der Waals surface area contributed by atoms with Crippen LogP contribution in [0.1, 0.15) is 29.2 Å². The summed E-state index contributed by atoms with van der Waals surface area (Å²) in [4.78, 5) is 23.0. The molecule has 6 nitrogen and oxygen atoms in total. The summed E-state index contributed by atoms with van der Waals surface area (Å²) in [6, 6.07) is 8.65. The number of nitrogens with one attached hydrogen (secondary N) is 1. The molecule has 24 heavy (non-hydrogen) atoms. The van der Waals surface area contributed by atoms with Crippen LogP contribution in [0.5, 0.6) is 5.75 Å². The molecule has 0 saturated heterocycles. The SMILES string of the molecule is O=C(NCC1(C(=O)O)CC1)c1ccc(COc2ccc(F)cc2)o1. The summed E-state index contributed by atoms with van der Waals surface area (Å²) in [6.07, 6.45) is 1.13. The Labute approximate surface area is 137 Å². The van der Waals surface area contributed by atoms with E-state index in [1.54, 1.807) is 6.07 Å². The molecule has 0 atom stereocenters. The topological polar surface area (TPSA) is 88.8 Å². The van der Waals surface area contributed by atoms with Crippen LogP contribution >= 0.6 is 0 Å². The van der Waals surface area contributed by atoms with Gasteiger partial charge in [0.25, 0.3) is 5.91 Å². The van der Waals surface area contributed by atoms with Crippen molar-refractivity contribution >= 4 is 11.9 Å². The molecule has 1 heterocycles. The van der Waals surface area contributed by atoms with Crippen LogP contribution in [0.15, 0.2) is 40.8 Å². The van der Waals surface area contributed by atoms with Crippen molar-refractivity contribution in [2.75, 3.05) is 6.54 Å². The Bertz CT molecular complexity index is 749. The van der Waals surface area contributed by atoms with Gasteiger partial charge in [-0.3, -0.25) is 9.59 Å². The fourth-order valence-electron chi connectivity index (χ4n) is 2.22. The maximum absolute atomic E-state index is 12.8. The van der Waals surface area contributed by atoms with E-state index >= 15 is 0 Å². The third-order valence-electron chi connectivity index (χ3n) is 3.97. The highest BCUT2D eigenvalue weighted by molar-refractivity contribution is 5.92. The quantitative estimate of drug-likeness (QED) is 0.813. The van der Waals surface area contributed by atoms with E-state index in [1.165, 1.54) is 30.3 Å². The Hall–Kier alpha value is -2.83. The molecule has 0 spiro atoms. The Balaban J connectivity index is 1.52. The number of furan rings is 1. The minimum absolute atomic E-state index is 0.0866. The number of ether oxygens (including phenoxy) is 1. The number of hydrogen-bond acceptors (Lipinski definition) is 4. The minimum Gasteiger partial charge on any atom is -0.486 e. The third-order valence-corrected chi connectivity index (χ3v) is 3.97. The molecule has 1 fully saturated rings. The summed E-state index contributed by atoms with van der Waals surface area (Å²) >= 11 is 0. The van der Waals surface area contributed by atoms with Crippen LogP contribution in [0.3, 0.4) is 0 Å². The first-order chi connectivity index (χ1) is 11.5. The van der Waals surface area contributed by atoms with Crippen molar-refractivity contribution in [3.63, 3.8) is 0 Å². The summed E-state index contributed by atoms with van der Waals surface area (Å²) in [5, 5.41) is 11.7. The molecule has 1 amide bonds. The van der Waals surface area contributed by atoms with Gasteiger partial charge in [0.1, 0.15) is 23.9 Å². The molecular formula is C17H16FNO5. The van der Waals surface area contributed by atoms with Crippen LogP contribution < -0.4 is 10.1 Å². The number of amides is 1. The van der Waals surface area contributed by atoms with E-state index in [0.29, 0.717) is 24.4 Å². The lowest BCUT2D eigenvalue weighted by Gasteiger charge is -2.09. The number of hydrogen-bond donors (Lipinski definition) is 2. The molecule has 126 valence electrons. The van der Waals surface area contributed by atoms with Crippen molar-refractivity contribution in [2.45, 2.75) is 19.4 Å². The third kappa shape index (κ3) is 3.56. The zero-order valence-corrected chi connectivity index (χ0v) is 12.8. The Morgan fingerprint density at radius 1 is 1.21 bits per heavy atom. The van der Waals surface area contributed by atoms with Gasteiger partial charge < -0.3 is 19.6 Å². The maximum Gasteiger partial charge on any atom is 0.311 e. The first-order valence-corrected chi connectivity index (χ1v) is 7.47. The molecule has 0 unspecified atom stereocenters. The van der Waals surface area contributed by atoms with Crippen LogP contribution in [0, 0.1) is 11.2 Å². The van der Waals surface area contributed by atoms with Crippen molar-refractivity contribution in [2.24, 2.45) is 5.41 Å². The molecule has 0 radical (unpaired) electrons. The fraction of sp³-hybridized carbons (Fsp3) is 0.294. The number of carboxylic acids is 1. The zero-order chi connectivity index (χ0) is 17.2. The van der Waals surface area contributed by atoms with Gasteiger partial charge in [-0.1, -0.05) is 0 Å². The van der Waals surface area contributed by atoms with Crippen LogP contribution in [0.25, 0.3) is 0 Å². The monoisotopic (exact) mass is 333 g/mol. The van der Waals surface area contributed by atoms with Crippen molar-refractivity contribution in [3.8, 4) is 5.75 Å². The standard InChI is InChI=1S/C17H16FNO5/c18-11-1-3-12(4-2-11)23-9-13-5-6-14(24-13)15(20)19-10-17(7-8-17)16(21)22/h1-6H,7-10H2,(H,19,20)(H,21,22). The molecule has 3 rings (SSSR count). The summed E-state index contributed by atoms with van der Waals surface area (Å²) in [5.74, 6) is -0.700. The molecule has 0 aliphatic heterocycles. The number of carbonyl (C=O) groups excluding carboxylic acids is 1. The number of halogens is 1. The molecule has 2 aromatic rings. The van der Waals surface area contributed by atoms with Crippen LogP contribution in [0.4, 0.5) is 4.39 Å². The number of carboxylic acid groups (broad SMARTS) is 1. The zero-order valence-electron chi connectivity index (χ0n) is 12.8. The van der Waals surface area contributed by atoms with Gasteiger partial charge in [0.05, 0.1) is 5.41 Å². The molecule has 1 aliphatic rings. The van der Waals surface area contributed by atoms with Crippen molar-refractivity contribution in [1.82, 2.24) is 5.32 Å². The van der Waals surface area contributed by atoms with E-state index in [0.717, 1.165) is 0 Å². The Morgan fingerprint density at radius 3 is 2.54 bits per heavy atom.